The highest BCUT2D eigenvalue weighted by molar-refractivity contribution is 7.98. The second-order valence-corrected chi connectivity index (χ2v) is 5.77. The topological polar surface area (TPSA) is 55.6 Å². The van der Waals surface area contributed by atoms with Crippen LogP contribution in [0.5, 0.6) is 0 Å². The molecule has 2 rings (SSSR count). The Morgan fingerprint density at radius 2 is 1.95 bits per heavy atom. The quantitative estimate of drug-likeness (QED) is 0.626. The van der Waals surface area contributed by atoms with Gasteiger partial charge in [0.1, 0.15) is 0 Å². The molecule has 0 aliphatic carbocycles. The van der Waals surface area contributed by atoms with Crippen LogP contribution in [0.4, 0.5) is 0 Å². The van der Waals surface area contributed by atoms with E-state index in [-0.39, 0.29) is 0 Å². The van der Waals surface area contributed by atoms with E-state index in [2.05, 4.69) is 59.8 Å². The summed E-state index contributed by atoms with van der Waals surface area (Å²) in [5.41, 5.74) is 3.91. The second-order valence-electron chi connectivity index (χ2n) is 4.82. The van der Waals surface area contributed by atoms with Crippen LogP contribution in [-0.4, -0.2) is 33.3 Å². The maximum Gasteiger partial charge on any atom is 0.209 e. The molecule has 0 bridgehead atoms. The predicted molar refractivity (Wildman–Crippen MR) is 81.8 cm³/mol. The summed E-state index contributed by atoms with van der Waals surface area (Å²) in [6.45, 7) is 9.00. The van der Waals surface area contributed by atoms with E-state index in [0.29, 0.717) is 0 Å². The Morgan fingerprint density at radius 3 is 2.65 bits per heavy atom. The third kappa shape index (κ3) is 4.31. The third-order valence-corrected chi connectivity index (χ3v) is 3.93. The Morgan fingerprint density at radius 1 is 1.20 bits per heavy atom. The lowest BCUT2D eigenvalue weighted by atomic mass is 10.1. The van der Waals surface area contributed by atoms with Crippen molar-refractivity contribution >= 4 is 11.8 Å². The predicted octanol–water partition coefficient (Wildman–Crippen LogP) is 2.19. The highest BCUT2D eigenvalue weighted by Crippen LogP contribution is 2.21. The molecule has 1 N–H and O–H groups in total. The zero-order valence-electron chi connectivity index (χ0n) is 12.3. The third-order valence-electron chi connectivity index (χ3n) is 2.90. The average Bonchev–Trinajstić information content (AvgIpc) is 2.83. The van der Waals surface area contributed by atoms with Gasteiger partial charge in [0.25, 0.3) is 0 Å². The maximum atomic E-state index is 4.09. The van der Waals surface area contributed by atoms with Crippen LogP contribution in [0.3, 0.4) is 0 Å². The van der Waals surface area contributed by atoms with Gasteiger partial charge in [0.15, 0.2) is 0 Å². The number of thioether (sulfide) groups is 1. The van der Waals surface area contributed by atoms with E-state index in [4.69, 9.17) is 0 Å². The molecule has 0 spiro atoms. The van der Waals surface area contributed by atoms with Crippen molar-refractivity contribution in [3.63, 3.8) is 0 Å². The molecular formula is C14H21N5S. The Balaban J connectivity index is 1.95. The van der Waals surface area contributed by atoms with Gasteiger partial charge >= 0.3 is 0 Å². The lowest BCUT2D eigenvalue weighted by molar-refractivity contribution is 0.517. The Hall–Kier alpha value is -1.40. The number of likely N-dealkylation sites (N-methyl/N-ethyl adjacent to an activating group) is 1. The molecule has 1 aromatic heterocycles. The molecule has 0 radical (unpaired) electrons. The first-order valence-corrected chi connectivity index (χ1v) is 7.84. The fraction of sp³-hybridized carbons (Fsp3) is 0.500. The first kappa shape index (κ1) is 15.0. The summed E-state index contributed by atoms with van der Waals surface area (Å²) in [6, 6.07) is 6.62. The van der Waals surface area contributed by atoms with Gasteiger partial charge in [0, 0.05) is 12.3 Å². The van der Waals surface area contributed by atoms with Gasteiger partial charge in [-0.05, 0) is 36.4 Å². The van der Waals surface area contributed by atoms with E-state index in [1.807, 2.05) is 4.68 Å². The summed E-state index contributed by atoms with van der Waals surface area (Å²) in [6.07, 6.45) is 0. The van der Waals surface area contributed by atoms with Gasteiger partial charge in [0.05, 0.1) is 6.54 Å². The second kappa shape index (κ2) is 7.40. The average molecular weight is 291 g/mol. The van der Waals surface area contributed by atoms with Crippen LogP contribution in [-0.2, 0) is 12.3 Å². The summed E-state index contributed by atoms with van der Waals surface area (Å²) in [5.74, 6) is 0.893. The molecule has 0 saturated carbocycles. The number of nitrogens with zero attached hydrogens (tertiary/aromatic N) is 4. The van der Waals surface area contributed by atoms with Crippen LogP contribution >= 0.6 is 11.8 Å². The molecule has 0 unspecified atom stereocenters. The monoisotopic (exact) mass is 291 g/mol. The van der Waals surface area contributed by atoms with Gasteiger partial charge in [-0.3, -0.25) is 0 Å². The van der Waals surface area contributed by atoms with Crippen LogP contribution in [0.25, 0.3) is 0 Å². The van der Waals surface area contributed by atoms with Gasteiger partial charge in [-0.25, -0.2) is 4.68 Å². The van der Waals surface area contributed by atoms with Crippen LogP contribution in [0.15, 0.2) is 23.4 Å². The van der Waals surface area contributed by atoms with Crippen molar-refractivity contribution in [3.05, 3.63) is 34.9 Å². The zero-order chi connectivity index (χ0) is 14.4. The van der Waals surface area contributed by atoms with Crippen molar-refractivity contribution in [1.82, 2.24) is 25.5 Å². The Bertz CT molecular complexity index is 532. The number of nitrogens with one attached hydrogen (secondary N) is 1. The Labute approximate surface area is 124 Å². The lowest BCUT2D eigenvalue weighted by Gasteiger charge is -2.06. The number of hydrogen-bond donors (Lipinski definition) is 1. The fourth-order valence-corrected chi connectivity index (χ4v) is 2.94. The lowest BCUT2D eigenvalue weighted by Crippen LogP contribution is -2.20. The zero-order valence-corrected chi connectivity index (χ0v) is 13.1. The van der Waals surface area contributed by atoms with Gasteiger partial charge < -0.3 is 5.32 Å². The molecule has 1 aromatic carbocycles. The molecule has 2 aromatic rings. The highest BCUT2D eigenvalue weighted by Gasteiger charge is 2.07. The molecule has 0 aliphatic rings. The summed E-state index contributed by atoms with van der Waals surface area (Å²) in [5, 5.41) is 16.0. The molecule has 0 aliphatic heterocycles. The van der Waals surface area contributed by atoms with E-state index in [0.717, 1.165) is 30.5 Å². The number of hydrogen-bond acceptors (Lipinski definition) is 5. The molecule has 20 heavy (non-hydrogen) atoms. The Kier molecular flexibility index (Phi) is 5.55. The summed E-state index contributed by atoms with van der Waals surface area (Å²) in [4.78, 5) is 0. The van der Waals surface area contributed by atoms with Crippen LogP contribution in [0.1, 0.15) is 23.6 Å². The van der Waals surface area contributed by atoms with E-state index in [1.54, 1.807) is 11.8 Å². The van der Waals surface area contributed by atoms with Crippen molar-refractivity contribution in [2.24, 2.45) is 0 Å². The van der Waals surface area contributed by atoms with Crippen molar-refractivity contribution in [2.75, 3.05) is 13.1 Å². The molecule has 5 nitrogen and oxygen atoms in total. The first-order valence-electron chi connectivity index (χ1n) is 6.86. The van der Waals surface area contributed by atoms with E-state index >= 15 is 0 Å². The van der Waals surface area contributed by atoms with Crippen LogP contribution in [0, 0.1) is 13.8 Å². The number of aryl methyl sites for hydroxylation is 2. The minimum absolute atomic E-state index is 0.802. The van der Waals surface area contributed by atoms with Crippen LogP contribution in [0.2, 0.25) is 0 Å². The first-order chi connectivity index (χ1) is 9.69. The van der Waals surface area contributed by atoms with Crippen molar-refractivity contribution in [1.29, 1.82) is 0 Å². The minimum atomic E-state index is 0.802. The molecule has 108 valence electrons. The van der Waals surface area contributed by atoms with E-state index < -0.39 is 0 Å². The largest absolute Gasteiger partial charge is 0.315 e. The fourth-order valence-electron chi connectivity index (χ4n) is 2.10. The normalized spacial score (nSPS) is 10.9. The van der Waals surface area contributed by atoms with Crippen molar-refractivity contribution < 1.29 is 0 Å². The number of benzene rings is 1. The molecule has 6 heteroatoms. The van der Waals surface area contributed by atoms with Gasteiger partial charge in [0.2, 0.25) is 5.16 Å². The number of aromatic nitrogens is 4. The molecule has 0 atom stereocenters. The number of rotatable bonds is 7. The highest BCUT2D eigenvalue weighted by atomic mass is 32.2. The molecule has 0 saturated heterocycles. The van der Waals surface area contributed by atoms with Crippen LogP contribution < -0.4 is 5.32 Å². The maximum absolute atomic E-state index is 4.09. The molecular weight excluding hydrogens is 270 g/mol. The van der Waals surface area contributed by atoms with E-state index in [1.165, 1.54) is 16.7 Å². The number of tetrazole rings is 1. The standard InChI is InChI=1S/C14H21N5S/c1-4-15-5-6-19-14(16-17-18-19)20-10-13-8-11(2)7-12(3)9-13/h7-9,15H,4-6,10H2,1-3H3. The van der Waals surface area contributed by atoms with Gasteiger partial charge in [-0.2, -0.15) is 0 Å². The summed E-state index contributed by atoms with van der Waals surface area (Å²) >= 11 is 1.68. The van der Waals surface area contributed by atoms with E-state index in [9.17, 15) is 0 Å². The minimum Gasteiger partial charge on any atom is -0.315 e. The van der Waals surface area contributed by atoms with Gasteiger partial charge in [-0.15, -0.1) is 5.10 Å². The van der Waals surface area contributed by atoms with Crippen molar-refractivity contribution in [3.8, 4) is 0 Å². The summed E-state index contributed by atoms with van der Waals surface area (Å²) < 4.78 is 1.86. The SMILES string of the molecule is CCNCCn1nnnc1SCc1cc(C)cc(C)c1. The smallest absolute Gasteiger partial charge is 0.209 e. The van der Waals surface area contributed by atoms with Crippen molar-refractivity contribution in [2.45, 2.75) is 38.2 Å². The summed E-state index contributed by atoms with van der Waals surface area (Å²) in [7, 11) is 0. The molecule has 0 amide bonds. The molecule has 0 fully saturated rings. The molecule has 1 heterocycles. The van der Waals surface area contributed by atoms with Gasteiger partial charge in [-0.1, -0.05) is 48.0 Å².